The summed E-state index contributed by atoms with van der Waals surface area (Å²) < 4.78 is 5.56. The zero-order chi connectivity index (χ0) is 24.6. The summed E-state index contributed by atoms with van der Waals surface area (Å²) in [5.41, 5.74) is 5.67. The van der Waals surface area contributed by atoms with Crippen LogP contribution in [0.25, 0.3) is 0 Å². The molecule has 0 spiro atoms. The number of nitrogens with zero attached hydrogens (tertiary/aromatic N) is 4. The van der Waals surface area contributed by atoms with Crippen LogP contribution in [0.1, 0.15) is 51.3 Å². The number of amidine groups is 1. The number of hydrogen-bond donors (Lipinski definition) is 1. The molecule has 34 heavy (non-hydrogen) atoms. The molecule has 7 nitrogen and oxygen atoms in total. The lowest BCUT2D eigenvalue weighted by Crippen LogP contribution is -2.50. The van der Waals surface area contributed by atoms with Gasteiger partial charge in [0.05, 0.1) is 23.5 Å². The molecule has 0 aromatic heterocycles. The lowest BCUT2D eigenvalue weighted by Gasteiger charge is -2.39. The monoisotopic (exact) mass is 465 g/mol. The molecular formula is C27H39N5O2. The molecule has 3 aliphatic rings. The second kappa shape index (κ2) is 9.35. The first-order valence-corrected chi connectivity index (χ1v) is 12.4. The lowest BCUT2D eigenvalue weighted by atomic mass is 10.0. The Morgan fingerprint density at radius 1 is 1.12 bits per heavy atom. The number of amides is 1. The van der Waals surface area contributed by atoms with Gasteiger partial charge < -0.3 is 24.8 Å². The summed E-state index contributed by atoms with van der Waals surface area (Å²) in [4.78, 5) is 23.9. The van der Waals surface area contributed by atoms with Crippen LogP contribution >= 0.6 is 0 Å². The first kappa shape index (κ1) is 24.2. The Labute approximate surface area is 204 Å². The third kappa shape index (κ3) is 5.08. The van der Waals surface area contributed by atoms with E-state index in [1.807, 2.05) is 25.7 Å². The fourth-order valence-electron chi connectivity index (χ4n) is 4.66. The zero-order valence-corrected chi connectivity index (χ0v) is 21.7. The highest BCUT2D eigenvalue weighted by Crippen LogP contribution is 2.28. The largest absolute Gasteiger partial charge is 0.444 e. The first-order chi connectivity index (χ1) is 16.0. The van der Waals surface area contributed by atoms with Crippen molar-refractivity contribution in [2.75, 3.05) is 26.2 Å². The summed E-state index contributed by atoms with van der Waals surface area (Å²) in [5, 5.41) is 3.69. The van der Waals surface area contributed by atoms with Crippen molar-refractivity contribution in [3.8, 4) is 0 Å². The van der Waals surface area contributed by atoms with Crippen molar-refractivity contribution in [3.05, 3.63) is 58.6 Å². The molecule has 3 aliphatic heterocycles. The molecular weight excluding hydrogens is 426 g/mol. The Kier molecular flexibility index (Phi) is 6.65. The van der Waals surface area contributed by atoms with Gasteiger partial charge in [-0.05, 0) is 71.2 Å². The summed E-state index contributed by atoms with van der Waals surface area (Å²) in [5.74, 6) is 1.02. The fraction of sp³-hybridized carbons (Fsp3) is 0.556. The highest BCUT2D eigenvalue weighted by atomic mass is 16.6. The van der Waals surface area contributed by atoms with Crippen molar-refractivity contribution in [1.82, 2.24) is 20.0 Å². The van der Waals surface area contributed by atoms with E-state index in [4.69, 9.17) is 9.73 Å². The number of aryl methyl sites for hydroxylation is 2. The van der Waals surface area contributed by atoms with Gasteiger partial charge in [-0.1, -0.05) is 18.2 Å². The maximum atomic E-state index is 12.5. The van der Waals surface area contributed by atoms with Gasteiger partial charge in [0.1, 0.15) is 5.60 Å². The minimum absolute atomic E-state index is 0.229. The van der Waals surface area contributed by atoms with Gasteiger partial charge in [0.15, 0.2) is 5.84 Å². The predicted molar refractivity (Wildman–Crippen MR) is 136 cm³/mol. The second-order valence-corrected chi connectivity index (χ2v) is 10.6. The molecule has 1 aromatic rings. The van der Waals surface area contributed by atoms with Crippen molar-refractivity contribution in [2.45, 2.75) is 72.7 Å². The number of rotatable bonds is 4. The third-order valence-electron chi connectivity index (χ3n) is 6.91. The normalized spacial score (nSPS) is 22.7. The summed E-state index contributed by atoms with van der Waals surface area (Å²) in [7, 11) is 0. The average molecular weight is 466 g/mol. The lowest BCUT2D eigenvalue weighted by molar-refractivity contribution is 0.0170. The van der Waals surface area contributed by atoms with Crippen molar-refractivity contribution >= 4 is 11.9 Å². The van der Waals surface area contributed by atoms with E-state index >= 15 is 0 Å². The molecule has 1 fully saturated rings. The Balaban J connectivity index is 1.50. The SMILES string of the molecule is Cc1cccc(C)c1CNC1=CC(N2CCN(C(=O)OC(C)(C)C)CC2)=CN2C1=NC(C)C2C. The number of nitrogens with one attached hydrogen (secondary N) is 1. The van der Waals surface area contributed by atoms with Gasteiger partial charge in [0, 0.05) is 38.9 Å². The van der Waals surface area contributed by atoms with E-state index in [1.54, 1.807) is 0 Å². The van der Waals surface area contributed by atoms with E-state index in [0.717, 1.165) is 36.9 Å². The van der Waals surface area contributed by atoms with Crippen LogP contribution in [0.15, 0.2) is 46.9 Å². The number of fused-ring (bicyclic) bond motifs is 1. The van der Waals surface area contributed by atoms with Crippen LogP contribution in [0, 0.1) is 13.8 Å². The number of ether oxygens (including phenoxy) is 1. The van der Waals surface area contributed by atoms with Crippen molar-refractivity contribution in [3.63, 3.8) is 0 Å². The fourth-order valence-corrected chi connectivity index (χ4v) is 4.66. The van der Waals surface area contributed by atoms with Crippen LogP contribution in [-0.2, 0) is 11.3 Å². The highest BCUT2D eigenvalue weighted by molar-refractivity contribution is 6.01. The quantitative estimate of drug-likeness (QED) is 0.723. The Morgan fingerprint density at radius 2 is 1.76 bits per heavy atom. The zero-order valence-electron chi connectivity index (χ0n) is 21.7. The Morgan fingerprint density at radius 3 is 2.38 bits per heavy atom. The molecule has 1 N–H and O–H groups in total. The molecule has 0 bridgehead atoms. The number of carbonyl (C=O) groups is 1. The standard InChI is InChI=1S/C27H39N5O2/c1-18-9-8-10-19(2)23(18)16-28-24-15-22(17-32-21(4)20(3)29-25(24)32)30-11-13-31(14-12-30)26(33)34-27(5,6)7/h8-10,15,17,20-21,28H,11-14,16H2,1-7H3. The average Bonchev–Trinajstić information content (AvgIpc) is 3.06. The predicted octanol–water partition coefficient (Wildman–Crippen LogP) is 4.18. The molecule has 0 saturated carbocycles. The number of benzene rings is 1. The number of carbonyl (C=O) groups excluding carboxylic acids is 1. The molecule has 4 rings (SSSR count). The maximum Gasteiger partial charge on any atom is 0.410 e. The topological polar surface area (TPSA) is 60.4 Å². The van der Waals surface area contributed by atoms with E-state index in [9.17, 15) is 4.79 Å². The van der Waals surface area contributed by atoms with Crippen LogP contribution < -0.4 is 5.32 Å². The summed E-state index contributed by atoms with van der Waals surface area (Å²) in [6, 6.07) is 6.98. The molecule has 1 amide bonds. The summed E-state index contributed by atoms with van der Waals surface area (Å²) in [6.45, 7) is 18.1. The number of allylic oxidation sites excluding steroid dienone is 1. The number of aliphatic imine (C=N–C) groups is 1. The molecule has 0 radical (unpaired) electrons. The van der Waals surface area contributed by atoms with Gasteiger partial charge in [-0.15, -0.1) is 0 Å². The van der Waals surface area contributed by atoms with E-state index in [2.05, 4.69) is 73.3 Å². The van der Waals surface area contributed by atoms with Gasteiger partial charge in [0.2, 0.25) is 0 Å². The van der Waals surface area contributed by atoms with Crippen LogP contribution in [-0.4, -0.2) is 70.5 Å². The second-order valence-electron chi connectivity index (χ2n) is 10.6. The van der Waals surface area contributed by atoms with Crippen molar-refractivity contribution in [2.24, 2.45) is 4.99 Å². The maximum absolute atomic E-state index is 12.5. The molecule has 0 aliphatic carbocycles. The van der Waals surface area contributed by atoms with E-state index in [-0.39, 0.29) is 12.1 Å². The molecule has 1 aromatic carbocycles. The Hall–Kier alpha value is -2.96. The van der Waals surface area contributed by atoms with Crippen molar-refractivity contribution in [1.29, 1.82) is 0 Å². The first-order valence-electron chi connectivity index (χ1n) is 12.4. The van der Waals surface area contributed by atoms with Gasteiger partial charge in [0.25, 0.3) is 0 Å². The molecule has 7 heteroatoms. The van der Waals surface area contributed by atoms with Crippen LogP contribution in [0.5, 0.6) is 0 Å². The molecule has 3 heterocycles. The van der Waals surface area contributed by atoms with Gasteiger partial charge in [-0.25, -0.2) is 4.79 Å². The van der Waals surface area contributed by atoms with Crippen LogP contribution in [0.4, 0.5) is 4.79 Å². The van der Waals surface area contributed by atoms with E-state index in [0.29, 0.717) is 19.1 Å². The minimum atomic E-state index is -0.475. The van der Waals surface area contributed by atoms with Crippen molar-refractivity contribution < 1.29 is 9.53 Å². The molecule has 1 saturated heterocycles. The number of piperazine rings is 1. The van der Waals surface area contributed by atoms with Gasteiger partial charge in [-0.2, -0.15) is 0 Å². The molecule has 184 valence electrons. The van der Waals surface area contributed by atoms with Gasteiger partial charge in [-0.3, -0.25) is 4.99 Å². The minimum Gasteiger partial charge on any atom is -0.444 e. The highest BCUT2D eigenvalue weighted by Gasteiger charge is 2.35. The number of hydrogen-bond acceptors (Lipinski definition) is 6. The Bertz CT molecular complexity index is 1010. The molecule has 2 unspecified atom stereocenters. The van der Waals surface area contributed by atoms with Crippen LogP contribution in [0.2, 0.25) is 0 Å². The summed E-state index contributed by atoms with van der Waals surface area (Å²) in [6.07, 6.45) is 4.21. The third-order valence-corrected chi connectivity index (χ3v) is 6.91. The van der Waals surface area contributed by atoms with Gasteiger partial charge >= 0.3 is 6.09 Å². The summed E-state index contributed by atoms with van der Waals surface area (Å²) >= 11 is 0. The van der Waals surface area contributed by atoms with E-state index in [1.165, 1.54) is 16.7 Å². The van der Waals surface area contributed by atoms with E-state index < -0.39 is 5.60 Å². The van der Waals surface area contributed by atoms with Crippen LogP contribution in [0.3, 0.4) is 0 Å². The molecule has 2 atom stereocenters. The smallest absolute Gasteiger partial charge is 0.410 e.